The van der Waals surface area contributed by atoms with Crippen molar-refractivity contribution in [2.24, 2.45) is 0 Å². The van der Waals surface area contributed by atoms with Crippen LogP contribution in [0.4, 0.5) is 8.78 Å². The van der Waals surface area contributed by atoms with Gasteiger partial charge in [0.2, 0.25) is 0 Å². The van der Waals surface area contributed by atoms with Gasteiger partial charge in [-0.15, -0.1) is 11.3 Å². The smallest absolute Gasteiger partial charge is 0.263 e. The van der Waals surface area contributed by atoms with Crippen molar-refractivity contribution >= 4 is 17.2 Å². The van der Waals surface area contributed by atoms with Gasteiger partial charge in [-0.2, -0.15) is 0 Å². The van der Waals surface area contributed by atoms with E-state index >= 15 is 0 Å². The molecule has 28 heavy (non-hydrogen) atoms. The van der Waals surface area contributed by atoms with E-state index in [9.17, 15) is 13.6 Å². The summed E-state index contributed by atoms with van der Waals surface area (Å²) in [5.74, 6) is -1.70. The van der Waals surface area contributed by atoms with Crippen LogP contribution in [-0.2, 0) is 0 Å². The maximum absolute atomic E-state index is 14.3. The average Bonchev–Trinajstić information content (AvgIpc) is 3.32. The lowest BCUT2D eigenvalue weighted by Gasteiger charge is -2.13. The Morgan fingerprint density at radius 3 is 2.71 bits per heavy atom. The van der Waals surface area contributed by atoms with Gasteiger partial charge in [0.15, 0.2) is 11.6 Å². The van der Waals surface area contributed by atoms with Crippen LogP contribution in [0.2, 0.25) is 0 Å². The Labute approximate surface area is 167 Å². The zero-order valence-electron chi connectivity index (χ0n) is 16.2. The molecule has 1 aliphatic rings. The second-order valence-corrected chi connectivity index (χ2v) is 7.91. The number of benzene rings is 1. The van der Waals surface area contributed by atoms with E-state index in [0.29, 0.717) is 17.1 Å². The standard InChI is InChI=1S/C20H25F2N3O2S/c1-13-18(19(26)23-7-3-4-8-25-9-5-6-10-25)28-20(24-13)14-11-16(22)17(27-2)12-15(14)21/h11-12H,3-10H2,1-2H3,(H,23,26). The number of thiazole rings is 1. The number of hydrogen-bond donors (Lipinski definition) is 1. The second kappa shape index (κ2) is 9.43. The number of carbonyl (C=O) groups excluding carboxylic acids is 1. The summed E-state index contributed by atoms with van der Waals surface area (Å²) >= 11 is 1.06. The molecule has 1 saturated heterocycles. The monoisotopic (exact) mass is 409 g/mol. The minimum absolute atomic E-state index is 0.0241. The van der Waals surface area contributed by atoms with E-state index in [1.54, 1.807) is 6.92 Å². The maximum atomic E-state index is 14.3. The molecule has 0 aliphatic carbocycles. The summed E-state index contributed by atoms with van der Waals surface area (Å²) in [6, 6.07) is 2.04. The van der Waals surface area contributed by atoms with Gasteiger partial charge >= 0.3 is 0 Å². The van der Waals surface area contributed by atoms with Crippen LogP contribution in [0.3, 0.4) is 0 Å². The Morgan fingerprint density at radius 1 is 1.25 bits per heavy atom. The molecule has 2 heterocycles. The van der Waals surface area contributed by atoms with Crippen LogP contribution in [0, 0.1) is 18.6 Å². The van der Waals surface area contributed by atoms with E-state index in [4.69, 9.17) is 4.74 Å². The fraction of sp³-hybridized carbons (Fsp3) is 0.500. The number of aryl methyl sites for hydroxylation is 1. The number of halogens is 2. The topological polar surface area (TPSA) is 54.5 Å². The molecule has 8 heteroatoms. The summed E-state index contributed by atoms with van der Waals surface area (Å²) in [5.41, 5.74) is 0.529. The SMILES string of the molecule is COc1cc(F)c(-c2nc(C)c(C(=O)NCCCCN3CCCC3)s2)cc1F. The van der Waals surface area contributed by atoms with Crippen molar-refractivity contribution in [2.45, 2.75) is 32.6 Å². The van der Waals surface area contributed by atoms with Gasteiger partial charge in [0.1, 0.15) is 15.7 Å². The van der Waals surface area contributed by atoms with E-state index in [0.717, 1.165) is 42.9 Å². The molecular formula is C20H25F2N3O2S. The number of nitrogens with zero attached hydrogens (tertiary/aromatic N) is 2. The quantitative estimate of drug-likeness (QED) is 0.670. The third-order valence-corrected chi connectivity index (χ3v) is 6.05. The van der Waals surface area contributed by atoms with Crippen molar-refractivity contribution in [1.29, 1.82) is 0 Å². The minimum Gasteiger partial charge on any atom is -0.494 e. The molecule has 1 fully saturated rings. The highest BCUT2D eigenvalue weighted by Crippen LogP contribution is 2.33. The Bertz CT molecular complexity index is 835. The number of methoxy groups -OCH3 is 1. The number of carbonyl (C=O) groups is 1. The fourth-order valence-electron chi connectivity index (χ4n) is 3.32. The third kappa shape index (κ3) is 4.86. The van der Waals surface area contributed by atoms with Gasteiger partial charge in [-0.1, -0.05) is 0 Å². The zero-order valence-corrected chi connectivity index (χ0v) is 17.0. The number of aromatic nitrogens is 1. The molecule has 3 rings (SSSR count). The number of rotatable bonds is 8. The summed E-state index contributed by atoms with van der Waals surface area (Å²) < 4.78 is 33.0. The molecule has 1 N–H and O–H groups in total. The molecule has 5 nitrogen and oxygen atoms in total. The van der Waals surface area contributed by atoms with E-state index in [1.165, 1.54) is 33.0 Å². The first-order chi connectivity index (χ1) is 13.5. The van der Waals surface area contributed by atoms with E-state index < -0.39 is 11.6 Å². The van der Waals surface area contributed by atoms with Gasteiger partial charge in [-0.05, 0) is 58.3 Å². The van der Waals surface area contributed by atoms with Crippen LogP contribution in [0.1, 0.15) is 41.0 Å². The summed E-state index contributed by atoms with van der Waals surface area (Å²) in [7, 11) is 1.28. The predicted molar refractivity (Wildman–Crippen MR) is 106 cm³/mol. The molecule has 0 atom stereocenters. The highest BCUT2D eigenvalue weighted by molar-refractivity contribution is 7.17. The van der Waals surface area contributed by atoms with Gasteiger partial charge < -0.3 is 15.0 Å². The largest absolute Gasteiger partial charge is 0.494 e. The van der Waals surface area contributed by atoms with Crippen LogP contribution in [0.25, 0.3) is 10.6 Å². The van der Waals surface area contributed by atoms with Gasteiger partial charge in [0, 0.05) is 18.2 Å². The van der Waals surface area contributed by atoms with Crippen molar-refractivity contribution in [3.8, 4) is 16.3 Å². The highest BCUT2D eigenvalue weighted by Gasteiger charge is 2.20. The molecule has 1 aromatic heterocycles. The van der Waals surface area contributed by atoms with Gasteiger partial charge in [0.05, 0.1) is 12.8 Å². The van der Waals surface area contributed by atoms with Crippen molar-refractivity contribution < 1.29 is 18.3 Å². The molecule has 1 amide bonds. The van der Waals surface area contributed by atoms with Crippen LogP contribution >= 0.6 is 11.3 Å². The highest BCUT2D eigenvalue weighted by atomic mass is 32.1. The van der Waals surface area contributed by atoms with Gasteiger partial charge in [0.25, 0.3) is 5.91 Å². The molecule has 0 unspecified atom stereocenters. The molecule has 0 spiro atoms. The van der Waals surface area contributed by atoms with Crippen LogP contribution in [0.15, 0.2) is 12.1 Å². The van der Waals surface area contributed by atoms with Crippen LogP contribution < -0.4 is 10.1 Å². The lowest BCUT2D eigenvalue weighted by Crippen LogP contribution is -2.26. The van der Waals surface area contributed by atoms with E-state index in [1.807, 2.05) is 0 Å². The lowest BCUT2D eigenvalue weighted by molar-refractivity contribution is 0.0956. The lowest BCUT2D eigenvalue weighted by atomic mass is 10.2. The minimum atomic E-state index is -0.671. The molecule has 0 bridgehead atoms. The summed E-state index contributed by atoms with van der Waals surface area (Å²) in [4.78, 5) is 19.6. The molecule has 1 aliphatic heterocycles. The van der Waals surface area contributed by atoms with E-state index in [2.05, 4.69) is 15.2 Å². The average molecular weight is 410 g/mol. The number of nitrogens with one attached hydrogen (secondary N) is 1. The first-order valence-corrected chi connectivity index (χ1v) is 10.3. The Balaban J connectivity index is 1.58. The molecule has 152 valence electrons. The summed E-state index contributed by atoms with van der Waals surface area (Å²) in [6.45, 7) is 5.71. The van der Waals surface area contributed by atoms with Gasteiger partial charge in [-0.25, -0.2) is 13.8 Å². The molecule has 0 radical (unpaired) electrons. The van der Waals surface area contributed by atoms with E-state index in [-0.39, 0.29) is 22.2 Å². The zero-order chi connectivity index (χ0) is 20.1. The molecular weight excluding hydrogens is 384 g/mol. The van der Waals surface area contributed by atoms with Crippen LogP contribution in [0.5, 0.6) is 5.75 Å². The first kappa shape index (κ1) is 20.7. The fourth-order valence-corrected chi connectivity index (χ4v) is 4.32. The molecule has 0 saturated carbocycles. The Morgan fingerprint density at radius 2 is 2.00 bits per heavy atom. The maximum Gasteiger partial charge on any atom is 0.263 e. The normalized spacial score (nSPS) is 14.4. The third-order valence-electron chi connectivity index (χ3n) is 4.86. The summed E-state index contributed by atoms with van der Waals surface area (Å²) in [5, 5.41) is 3.17. The van der Waals surface area contributed by atoms with Crippen molar-refractivity contribution in [1.82, 2.24) is 15.2 Å². The first-order valence-electron chi connectivity index (χ1n) is 9.51. The van der Waals surface area contributed by atoms with Crippen molar-refractivity contribution in [2.75, 3.05) is 33.3 Å². The van der Waals surface area contributed by atoms with Crippen LogP contribution in [-0.4, -0.2) is 49.1 Å². The predicted octanol–water partition coefficient (Wildman–Crippen LogP) is 4.01. The Hall–Kier alpha value is -2.06. The number of amides is 1. The summed E-state index contributed by atoms with van der Waals surface area (Å²) in [6.07, 6.45) is 4.51. The molecule has 2 aromatic rings. The number of ether oxygens (including phenoxy) is 1. The number of hydrogen-bond acceptors (Lipinski definition) is 5. The number of unbranched alkanes of at least 4 members (excludes halogenated alkanes) is 1. The molecule has 1 aromatic carbocycles. The number of likely N-dealkylation sites (tertiary alicyclic amines) is 1. The van der Waals surface area contributed by atoms with Crippen molar-refractivity contribution in [3.05, 3.63) is 34.3 Å². The van der Waals surface area contributed by atoms with Gasteiger partial charge in [-0.3, -0.25) is 4.79 Å². The second-order valence-electron chi connectivity index (χ2n) is 6.91. The van der Waals surface area contributed by atoms with Crippen molar-refractivity contribution in [3.63, 3.8) is 0 Å². The Kier molecular flexibility index (Phi) is 6.96.